The summed E-state index contributed by atoms with van der Waals surface area (Å²) in [4.78, 5) is 0. The lowest BCUT2D eigenvalue weighted by Crippen LogP contribution is -2.56. The van der Waals surface area contributed by atoms with Gasteiger partial charge in [0.1, 0.15) is 11.8 Å². The summed E-state index contributed by atoms with van der Waals surface area (Å²) in [5, 5.41) is 9.72. The Morgan fingerprint density at radius 2 is 1.63 bits per heavy atom. The van der Waals surface area contributed by atoms with Crippen molar-refractivity contribution in [1.29, 1.82) is 0 Å². The number of hydrogen-bond acceptors (Lipinski definition) is 7. The molecule has 0 aromatic heterocycles. The van der Waals surface area contributed by atoms with Crippen molar-refractivity contribution >= 4 is 0 Å². The van der Waals surface area contributed by atoms with E-state index in [0.717, 1.165) is 6.42 Å². The summed E-state index contributed by atoms with van der Waals surface area (Å²) >= 11 is 0. The van der Waals surface area contributed by atoms with Gasteiger partial charge in [0.05, 0.1) is 58.0 Å². The maximum atomic E-state index is 9.72. The van der Waals surface area contributed by atoms with E-state index in [9.17, 15) is 5.11 Å². The fourth-order valence-electron chi connectivity index (χ4n) is 2.63. The molecule has 0 aromatic rings. The fraction of sp³-hybridized carbons (Fsp3) is 0.913. The zero-order valence-electron chi connectivity index (χ0n) is 20.4. The molecule has 3 unspecified atom stereocenters. The summed E-state index contributed by atoms with van der Waals surface area (Å²) in [6.07, 6.45) is 2.70. The van der Waals surface area contributed by atoms with Crippen molar-refractivity contribution in [2.75, 3.05) is 46.2 Å². The second-order valence-corrected chi connectivity index (χ2v) is 9.14. The normalized spacial score (nSPS) is 17.5. The van der Waals surface area contributed by atoms with Crippen LogP contribution in [0.3, 0.4) is 0 Å². The van der Waals surface area contributed by atoms with Gasteiger partial charge in [0.25, 0.3) is 0 Å². The predicted octanol–water partition coefficient (Wildman–Crippen LogP) is 3.28. The molecule has 0 radical (unpaired) electrons. The van der Waals surface area contributed by atoms with Gasteiger partial charge in [-0.25, -0.2) is 0 Å². The van der Waals surface area contributed by atoms with E-state index in [0.29, 0.717) is 39.5 Å². The van der Waals surface area contributed by atoms with Crippen LogP contribution in [0.25, 0.3) is 0 Å². The Balaban J connectivity index is 4.21. The summed E-state index contributed by atoms with van der Waals surface area (Å²) in [5.41, 5.74) is 5.07. The number of nitrogens with two attached hydrogens (primary N) is 1. The predicted molar refractivity (Wildman–Crippen MR) is 121 cm³/mol. The van der Waals surface area contributed by atoms with Gasteiger partial charge >= 0.3 is 0 Å². The molecule has 0 bridgehead atoms. The van der Waals surface area contributed by atoms with Crippen LogP contribution in [0.2, 0.25) is 0 Å². The molecule has 0 aliphatic carbocycles. The van der Waals surface area contributed by atoms with E-state index in [-0.39, 0.29) is 30.3 Å². The SMILES string of the molecule is C=CCOCC(O)COCCOC(C)(C)CCOC(C)(N)C(C)(CC)COC(C)C. The topological polar surface area (TPSA) is 92.4 Å². The maximum absolute atomic E-state index is 9.72. The molecule has 0 aliphatic heterocycles. The Kier molecular flexibility index (Phi) is 14.2. The molecule has 0 amide bonds. The van der Waals surface area contributed by atoms with Crippen molar-refractivity contribution in [3.63, 3.8) is 0 Å². The van der Waals surface area contributed by atoms with Gasteiger partial charge in [-0.15, -0.1) is 6.58 Å². The fourth-order valence-corrected chi connectivity index (χ4v) is 2.63. The third-order valence-electron chi connectivity index (χ3n) is 5.40. The average Bonchev–Trinajstić information content (AvgIpc) is 2.65. The Morgan fingerprint density at radius 1 is 1.00 bits per heavy atom. The summed E-state index contributed by atoms with van der Waals surface area (Å²) in [6, 6.07) is 0. The molecule has 180 valence electrons. The van der Waals surface area contributed by atoms with Crippen LogP contribution in [0.15, 0.2) is 12.7 Å². The molecular weight excluding hydrogens is 386 g/mol. The highest BCUT2D eigenvalue weighted by atomic mass is 16.5. The third-order valence-corrected chi connectivity index (χ3v) is 5.40. The van der Waals surface area contributed by atoms with Gasteiger partial charge in [0.2, 0.25) is 0 Å². The van der Waals surface area contributed by atoms with E-state index >= 15 is 0 Å². The minimum atomic E-state index is -0.806. The Morgan fingerprint density at radius 3 is 2.20 bits per heavy atom. The van der Waals surface area contributed by atoms with Gasteiger partial charge in [-0.05, 0) is 47.5 Å². The van der Waals surface area contributed by atoms with Gasteiger partial charge in [0, 0.05) is 5.41 Å². The molecule has 0 heterocycles. The molecule has 0 saturated heterocycles. The van der Waals surface area contributed by atoms with Crippen molar-refractivity contribution in [2.24, 2.45) is 11.1 Å². The van der Waals surface area contributed by atoms with Gasteiger partial charge in [-0.1, -0.05) is 19.9 Å². The smallest absolute Gasteiger partial charge is 0.121 e. The number of rotatable bonds is 19. The van der Waals surface area contributed by atoms with Gasteiger partial charge in [-0.2, -0.15) is 0 Å². The van der Waals surface area contributed by atoms with Crippen LogP contribution in [0, 0.1) is 5.41 Å². The monoisotopic (exact) mass is 433 g/mol. The summed E-state index contributed by atoms with van der Waals surface area (Å²) < 4.78 is 28.4. The second-order valence-electron chi connectivity index (χ2n) is 9.14. The van der Waals surface area contributed by atoms with E-state index in [1.165, 1.54) is 0 Å². The van der Waals surface area contributed by atoms with E-state index in [2.05, 4.69) is 20.4 Å². The van der Waals surface area contributed by atoms with Crippen LogP contribution in [-0.2, 0) is 23.7 Å². The highest BCUT2D eigenvalue weighted by molar-refractivity contribution is 4.89. The summed E-state index contributed by atoms with van der Waals surface area (Å²) in [7, 11) is 0. The molecule has 0 spiro atoms. The van der Waals surface area contributed by atoms with Crippen molar-refractivity contribution in [2.45, 2.75) is 84.8 Å². The Bertz CT molecular complexity index is 455. The first-order valence-electron chi connectivity index (χ1n) is 11.0. The summed E-state index contributed by atoms with van der Waals surface area (Å²) in [5.74, 6) is 0. The molecule has 7 heteroatoms. The molecule has 30 heavy (non-hydrogen) atoms. The van der Waals surface area contributed by atoms with E-state index < -0.39 is 11.8 Å². The largest absolute Gasteiger partial charge is 0.388 e. The van der Waals surface area contributed by atoms with Gasteiger partial charge in [-0.3, -0.25) is 0 Å². The van der Waals surface area contributed by atoms with Gasteiger partial charge in [0.15, 0.2) is 0 Å². The lowest BCUT2D eigenvalue weighted by molar-refractivity contribution is -0.158. The van der Waals surface area contributed by atoms with E-state index in [1.54, 1.807) is 6.08 Å². The zero-order chi connectivity index (χ0) is 23.3. The molecule has 3 N–H and O–H groups in total. The number of ether oxygens (including phenoxy) is 5. The molecule has 7 nitrogen and oxygen atoms in total. The Hall–Kier alpha value is -0.540. The average molecular weight is 434 g/mol. The molecule has 3 atom stereocenters. The molecule has 0 aliphatic rings. The van der Waals surface area contributed by atoms with Crippen molar-refractivity contribution in [3.8, 4) is 0 Å². The third kappa shape index (κ3) is 12.3. The second kappa shape index (κ2) is 14.5. The number of hydrogen-bond donors (Lipinski definition) is 2. The van der Waals surface area contributed by atoms with Crippen LogP contribution in [0.4, 0.5) is 0 Å². The van der Waals surface area contributed by atoms with Crippen LogP contribution in [0.1, 0.15) is 61.3 Å². The quantitative estimate of drug-likeness (QED) is 0.183. The standard InChI is InChI=1S/C23H47NO6/c1-9-12-26-16-20(25)17-27-14-15-29-21(5,6)11-13-30-23(8,24)22(7,10-2)18-28-19(3)4/h9,19-20,25H,1,10-18,24H2,2-8H3. The lowest BCUT2D eigenvalue weighted by atomic mass is 9.78. The van der Waals surface area contributed by atoms with Crippen molar-refractivity contribution in [1.82, 2.24) is 0 Å². The zero-order valence-corrected chi connectivity index (χ0v) is 20.4. The minimum Gasteiger partial charge on any atom is -0.388 e. The van der Waals surface area contributed by atoms with Crippen LogP contribution < -0.4 is 5.73 Å². The van der Waals surface area contributed by atoms with Crippen LogP contribution in [0.5, 0.6) is 0 Å². The molecule has 0 fully saturated rings. The van der Waals surface area contributed by atoms with Crippen molar-refractivity contribution in [3.05, 3.63) is 12.7 Å². The summed E-state index contributed by atoms with van der Waals surface area (Å²) in [6.45, 7) is 20.5. The first-order valence-corrected chi connectivity index (χ1v) is 11.0. The first-order chi connectivity index (χ1) is 13.9. The highest BCUT2D eigenvalue weighted by Crippen LogP contribution is 2.35. The maximum Gasteiger partial charge on any atom is 0.121 e. The first kappa shape index (κ1) is 29.5. The minimum absolute atomic E-state index is 0.155. The molecule has 0 aromatic carbocycles. The van der Waals surface area contributed by atoms with Crippen molar-refractivity contribution < 1.29 is 28.8 Å². The number of aliphatic hydroxyl groups excluding tert-OH is 1. The number of aliphatic hydroxyl groups is 1. The molecular formula is C23H47NO6. The van der Waals surface area contributed by atoms with E-state index in [4.69, 9.17) is 29.4 Å². The Labute approximate surface area is 184 Å². The van der Waals surface area contributed by atoms with Crippen LogP contribution in [-0.4, -0.2) is 74.9 Å². The van der Waals surface area contributed by atoms with E-state index in [1.807, 2.05) is 34.6 Å². The molecule has 0 rings (SSSR count). The highest BCUT2D eigenvalue weighted by Gasteiger charge is 2.42. The van der Waals surface area contributed by atoms with Gasteiger partial charge < -0.3 is 34.5 Å². The molecule has 0 saturated carbocycles. The lowest BCUT2D eigenvalue weighted by Gasteiger charge is -2.43. The van der Waals surface area contributed by atoms with Crippen LogP contribution >= 0.6 is 0 Å².